The molecule has 1 heterocycles. The van der Waals surface area contributed by atoms with Crippen LogP contribution in [0.15, 0.2) is 51.7 Å². The van der Waals surface area contributed by atoms with E-state index in [1.54, 1.807) is 65.8 Å². The average molecular weight is 567 g/mol. The van der Waals surface area contributed by atoms with Crippen LogP contribution in [-0.4, -0.2) is 29.0 Å². The van der Waals surface area contributed by atoms with Crippen molar-refractivity contribution in [2.45, 2.75) is 67.2 Å². The lowest BCUT2D eigenvalue weighted by molar-refractivity contribution is -0.144. The minimum Gasteiger partial charge on any atom is -0.481 e. The molecule has 3 rings (SSSR count). The second-order valence-electron chi connectivity index (χ2n) is 11.6. The molecule has 0 fully saturated rings. The minimum atomic E-state index is -0.970. The van der Waals surface area contributed by atoms with Crippen molar-refractivity contribution < 1.29 is 42.9 Å². The molecule has 0 atom stereocenters. The van der Waals surface area contributed by atoms with Gasteiger partial charge in [-0.05, 0) is 84.7 Å². The number of carbonyl (C=O) groups is 4. The number of unbranched alkanes of at least 4 members (excludes halogenated alkanes) is 1. The Morgan fingerprint density at radius 2 is 1.39 bits per heavy atom. The number of hydrogen-bond donors (Lipinski definition) is 1. The number of carboxylic acid groups (broad SMARTS) is 1. The molecule has 0 aliphatic carbocycles. The van der Waals surface area contributed by atoms with Crippen LogP contribution < -0.4 is 19.6 Å². The number of fused-ring (bicyclic) bond motifs is 1. The molecule has 218 valence electrons. The van der Waals surface area contributed by atoms with Gasteiger partial charge in [-0.25, -0.2) is 0 Å². The summed E-state index contributed by atoms with van der Waals surface area (Å²) in [5.41, 5.74) is -1.91. The number of esters is 3. The summed E-state index contributed by atoms with van der Waals surface area (Å²) in [6.45, 7) is 9.92. The van der Waals surface area contributed by atoms with E-state index < -0.39 is 40.1 Å². The van der Waals surface area contributed by atoms with Crippen molar-refractivity contribution in [1.29, 1.82) is 0 Å². The third-order valence-corrected chi connectivity index (χ3v) is 5.83. The lowest BCUT2D eigenvalue weighted by atomic mass is 9.97. The maximum absolute atomic E-state index is 13.4. The zero-order chi connectivity index (χ0) is 30.5. The summed E-state index contributed by atoms with van der Waals surface area (Å²) >= 11 is 0. The van der Waals surface area contributed by atoms with E-state index >= 15 is 0 Å². The largest absolute Gasteiger partial charge is 0.481 e. The van der Waals surface area contributed by atoms with E-state index in [0.717, 1.165) is 0 Å². The van der Waals surface area contributed by atoms with Crippen LogP contribution in [0.2, 0.25) is 0 Å². The first-order chi connectivity index (χ1) is 19.1. The molecule has 3 aromatic rings. The summed E-state index contributed by atoms with van der Waals surface area (Å²) < 4.78 is 22.6. The van der Waals surface area contributed by atoms with Crippen LogP contribution in [0.4, 0.5) is 0 Å². The Balaban J connectivity index is 2.11. The zero-order valence-electron chi connectivity index (χ0n) is 24.0. The van der Waals surface area contributed by atoms with Gasteiger partial charge in [0.05, 0.1) is 16.2 Å². The molecule has 0 spiro atoms. The van der Waals surface area contributed by atoms with Gasteiger partial charge >= 0.3 is 23.9 Å². The van der Waals surface area contributed by atoms with Crippen LogP contribution in [0.1, 0.15) is 67.2 Å². The Bertz CT molecular complexity index is 1530. The van der Waals surface area contributed by atoms with Gasteiger partial charge in [-0.2, -0.15) is 0 Å². The first-order valence-corrected chi connectivity index (χ1v) is 13.1. The molecule has 0 aliphatic heterocycles. The minimum absolute atomic E-state index is 0.0519. The molecule has 2 aromatic carbocycles. The predicted octanol–water partition coefficient (Wildman–Crippen LogP) is 5.91. The number of rotatable bonds is 9. The van der Waals surface area contributed by atoms with Crippen LogP contribution in [0.3, 0.4) is 0 Å². The topological polar surface area (TPSA) is 146 Å². The summed E-state index contributed by atoms with van der Waals surface area (Å²) in [5, 5.41) is 9.02. The smallest absolute Gasteiger partial charge is 0.316 e. The molecule has 0 amide bonds. The summed E-state index contributed by atoms with van der Waals surface area (Å²) in [6, 6.07) is 10.7. The van der Waals surface area contributed by atoms with Crippen molar-refractivity contribution in [1.82, 2.24) is 0 Å². The van der Waals surface area contributed by atoms with Crippen molar-refractivity contribution in [3.05, 3.63) is 52.7 Å². The molecule has 0 aliphatic rings. The van der Waals surface area contributed by atoms with Crippen LogP contribution in [0.25, 0.3) is 22.3 Å². The Morgan fingerprint density at radius 1 is 0.780 bits per heavy atom. The molecule has 41 heavy (non-hydrogen) atoms. The third-order valence-electron chi connectivity index (χ3n) is 5.83. The summed E-state index contributed by atoms with van der Waals surface area (Å²) in [7, 11) is 0. The molecular weight excluding hydrogens is 532 g/mol. The molecule has 10 nitrogen and oxygen atoms in total. The fourth-order valence-corrected chi connectivity index (χ4v) is 3.44. The second kappa shape index (κ2) is 12.4. The molecule has 0 saturated heterocycles. The van der Waals surface area contributed by atoms with Crippen molar-refractivity contribution in [3.8, 4) is 28.6 Å². The van der Waals surface area contributed by atoms with Crippen molar-refractivity contribution in [2.75, 3.05) is 0 Å². The van der Waals surface area contributed by atoms with Crippen molar-refractivity contribution in [2.24, 2.45) is 10.8 Å². The van der Waals surface area contributed by atoms with Gasteiger partial charge in [0.25, 0.3) is 0 Å². The van der Waals surface area contributed by atoms with Crippen LogP contribution in [0, 0.1) is 10.8 Å². The lowest BCUT2D eigenvalue weighted by Gasteiger charge is -2.19. The van der Waals surface area contributed by atoms with Crippen molar-refractivity contribution >= 4 is 34.8 Å². The monoisotopic (exact) mass is 566 g/mol. The van der Waals surface area contributed by atoms with Gasteiger partial charge in [-0.15, -0.1) is 0 Å². The molecule has 1 aromatic heterocycles. The van der Waals surface area contributed by atoms with Gasteiger partial charge in [0.1, 0.15) is 5.58 Å². The number of ether oxygens (including phenoxy) is 3. The van der Waals surface area contributed by atoms with E-state index in [1.165, 1.54) is 18.2 Å². The van der Waals surface area contributed by atoms with E-state index in [0.29, 0.717) is 0 Å². The first kappa shape index (κ1) is 31.1. The van der Waals surface area contributed by atoms with Gasteiger partial charge in [0.2, 0.25) is 11.2 Å². The number of hydrogen-bond acceptors (Lipinski definition) is 9. The average Bonchev–Trinajstić information content (AvgIpc) is 2.87. The standard InChI is InChI=1S/C31H34O10/c1-30(2,3)28(36)40-21-16-15-18(17-22(21)38-24(34)14-10-9-13-23(32)33)26-27(41-29(37)31(4,5)6)25(35)19-11-7-8-12-20(19)39-26/h7-8,11-12,15-17H,9-10,13-14H2,1-6H3,(H,32,33). The maximum atomic E-state index is 13.4. The van der Waals surface area contributed by atoms with Crippen LogP contribution in [0.5, 0.6) is 17.2 Å². The highest BCUT2D eigenvalue weighted by atomic mass is 16.6. The van der Waals surface area contributed by atoms with Crippen LogP contribution >= 0.6 is 0 Å². The highest BCUT2D eigenvalue weighted by Gasteiger charge is 2.29. The van der Waals surface area contributed by atoms with Gasteiger partial charge < -0.3 is 23.7 Å². The zero-order valence-corrected chi connectivity index (χ0v) is 24.0. The molecule has 0 unspecified atom stereocenters. The number of aliphatic carboxylic acids is 1. The summed E-state index contributed by atoms with van der Waals surface area (Å²) in [6.07, 6.45) is 0.382. The Labute approximate surface area is 237 Å². The first-order valence-electron chi connectivity index (χ1n) is 13.1. The van der Waals surface area contributed by atoms with E-state index in [1.807, 2.05) is 0 Å². The predicted molar refractivity (Wildman–Crippen MR) is 150 cm³/mol. The Kier molecular flexibility index (Phi) is 9.37. The van der Waals surface area contributed by atoms with Gasteiger partial charge in [-0.1, -0.05) is 12.1 Å². The molecular formula is C31H34O10. The molecule has 0 bridgehead atoms. The number of para-hydroxylation sites is 1. The van der Waals surface area contributed by atoms with E-state index in [9.17, 15) is 24.0 Å². The quantitative estimate of drug-likeness (QED) is 0.188. The number of benzene rings is 2. The molecule has 0 radical (unpaired) electrons. The third kappa shape index (κ3) is 8.03. The Morgan fingerprint density at radius 3 is 2.02 bits per heavy atom. The van der Waals surface area contributed by atoms with Crippen LogP contribution in [-0.2, 0) is 19.2 Å². The number of carbonyl (C=O) groups excluding carboxylic acids is 3. The SMILES string of the molecule is CC(C)(C)C(=O)Oc1ccc(-c2oc3ccccc3c(=O)c2OC(=O)C(C)(C)C)cc1OC(=O)CCCCC(=O)O. The molecule has 10 heteroatoms. The fraction of sp³-hybridized carbons (Fsp3) is 0.387. The lowest BCUT2D eigenvalue weighted by Crippen LogP contribution is -2.28. The molecule has 0 saturated carbocycles. The van der Waals surface area contributed by atoms with E-state index in [4.69, 9.17) is 23.7 Å². The highest BCUT2D eigenvalue weighted by Crippen LogP contribution is 2.38. The second-order valence-corrected chi connectivity index (χ2v) is 11.6. The summed E-state index contributed by atoms with van der Waals surface area (Å²) in [5.74, 6) is -3.50. The van der Waals surface area contributed by atoms with E-state index in [2.05, 4.69) is 0 Å². The van der Waals surface area contributed by atoms with E-state index in [-0.39, 0.29) is 65.2 Å². The number of carboxylic acids is 1. The normalized spacial score (nSPS) is 11.7. The van der Waals surface area contributed by atoms with Gasteiger partial charge in [0.15, 0.2) is 17.3 Å². The Hall–Kier alpha value is -4.47. The van der Waals surface area contributed by atoms with Crippen molar-refractivity contribution in [3.63, 3.8) is 0 Å². The molecule has 1 N–H and O–H groups in total. The summed E-state index contributed by atoms with van der Waals surface area (Å²) in [4.78, 5) is 62.2. The van der Waals surface area contributed by atoms with Gasteiger partial charge in [-0.3, -0.25) is 24.0 Å². The highest BCUT2D eigenvalue weighted by molar-refractivity contribution is 5.86. The maximum Gasteiger partial charge on any atom is 0.316 e. The fourth-order valence-electron chi connectivity index (χ4n) is 3.44. The van der Waals surface area contributed by atoms with Gasteiger partial charge in [0, 0.05) is 18.4 Å².